The van der Waals surface area contributed by atoms with E-state index in [0.717, 1.165) is 0 Å². The van der Waals surface area contributed by atoms with Crippen molar-refractivity contribution in [1.82, 2.24) is 15.5 Å². The Balaban J connectivity index is 2.76. The molecule has 0 radical (unpaired) electrons. The largest absolute Gasteiger partial charge is 0.396 e. The highest BCUT2D eigenvalue weighted by molar-refractivity contribution is 5.97. The van der Waals surface area contributed by atoms with Gasteiger partial charge < -0.3 is 21.3 Å². The zero-order valence-electron chi connectivity index (χ0n) is 8.32. The quantitative estimate of drug-likeness (QED) is 0.415. The minimum absolute atomic E-state index is 0.114. The van der Waals surface area contributed by atoms with E-state index in [0.29, 0.717) is 0 Å². The number of aliphatic hydroxyl groups is 2. The average molecular weight is 214 g/mol. The van der Waals surface area contributed by atoms with Crippen LogP contribution in [-0.4, -0.2) is 45.1 Å². The highest BCUT2D eigenvalue weighted by atomic mass is 16.3. The Morgan fingerprint density at radius 2 is 2.27 bits per heavy atom. The van der Waals surface area contributed by atoms with Crippen LogP contribution in [0.2, 0.25) is 0 Å². The highest BCUT2D eigenvalue weighted by Crippen LogP contribution is 2.08. The fraction of sp³-hybridized carbons (Fsp3) is 0.500. The predicted molar refractivity (Wildman–Crippen MR) is 53.0 cm³/mol. The molecular formula is C8H14N4O3. The van der Waals surface area contributed by atoms with Gasteiger partial charge in [0.05, 0.1) is 30.6 Å². The number of carbonyl (C=O) groups excluding carboxylic acids is 1. The Hall–Kier alpha value is -1.60. The summed E-state index contributed by atoms with van der Waals surface area (Å²) in [5, 5.41) is 26.4. The van der Waals surface area contributed by atoms with Gasteiger partial charge in [-0.15, -0.1) is 0 Å². The molecule has 0 atom stereocenters. The van der Waals surface area contributed by atoms with Crippen molar-refractivity contribution in [2.24, 2.45) is 0 Å². The summed E-state index contributed by atoms with van der Waals surface area (Å²) in [5.74, 6) is -0.518. The molecule has 7 heteroatoms. The van der Waals surface area contributed by atoms with Crippen molar-refractivity contribution in [3.63, 3.8) is 0 Å². The SMILES string of the molecule is CC(CO)(CO)NC(=O)c1[nH]ncc1N. The topological polar surface area (TPSA) is 124 Å². The summed E-state index contributed by atoms with van der Waals surface area (Å²) in [4.78, 5) is 11.6. The summed E-state index contributed by atoms with van der Waals surface area (Å²) in [7, 11) is 0. The van der Waals surface area contributed by atoms with Gasteiger partial charge in [0.15, 0.2) is 0 Å². The van der Waals surface area contributed by atoms with E-state index in [1.165, 1.54) is 13.1 Å². The second-order valence-electron chi connectivity index (χ2n) is 3.53. The van der Waals surface area contributed by atoms with Crippen molar-refractivity contribution in [1.29, 1.82) is 0 Å². The van der Waals surface area contributed by atoms with E-state index in [2.05, 4.69) is 15.5 Å². The lowest BCUT2D eigenvalue weighted by molar-refractivity contribution is 0.0720. The zero-order chi connectivity index (χ0) is 11.5. The van der Waals surface area contributed by atoms with E-state index >= 15 is 0 Å². The number of nitrogen functional groups attached to an aromatic ring is 1. The Morgan fingerprint density at radius 3 is 2.67 bits per heavy atom. The molecule has 0 spiro atoms. The van der Waals surface area contributed by atoms with Gasteiger partial charge in [-0.2, -0.15) is 5.10 Å². The molecule has 1 aromatic rings. The third kappa shape index (κ3) is 2.45. The molecule has 1 heterocycles. The first kappa shape index (κ1) is 11.5. The van der Waals surface area contributed by atoms with Gasteiger partial charge in [0.2, 0.25) is 0 Å². The molecule has 1 aromatic heterocycles. The molecule has 1 amide bonds. The monoisotopic (exact) mass is 214 g/mol. The van der Waals surface area contributed by atoms with Gasteiger partial charge in [0.1, 0.15) is 5.69 Å². The Kier molecular flexibility index (Phi) is 3.28. The average Bonchev–Trinajstić information content (AvgIpc) is 2.64. The fourth-order valence-electron chi connectivity index (χ4n) is 0.943. The molecular weight excluding hydrogens is 200 g/mol. The second-order valence-corrected chi connectivity index (χ2v) is 3.53. The summed E-state index contributed by atoms with van der Waals surface area (Å²) in [6, 6.07) is 0. The number of amides is 1. The number of nitrogens with zero attached hydrogens (tertiary/aromatic N) is 1. The van der Waals surface area contributed by atoms with Gasteiger partial charge in [-0.3, -0.25) is 9.89 Å². The number of H-pyrrole nitrogens is 1. The van der Waals surface area contributed by atoms with Gasteiger partial charge >= 0.3 is 0 Å². The number of carbonyl (C=O) groups is 1. The van der Waals surface area contributed by atoms with E-state index in [-0.39, 0.29) is 24.6 Å². The van der Waals surface area contributed by atoms with Gasteiger partial charge in [-0.25, -0.2) is 0 Å². The van der Waals surface area contributed by atoms with Crippen LogP contribution in [0.15, 0.2) is 6.20 Å². The molecule has 1 rings (SSSR count). The molecule has 0 unspecified atom stereocenters. The third-order valence-corrected chi connectivity index (χ3v) is 2.01. The van der Waals surface area contributed by atoms with E-state index < -0.39 is 11.4 Å². The number of aromatic amines is 1. The van der Waals surface area contributed by atoms with E-state index in [1.54, 1.807) is 0 Å². The lowest BCUT2D eigenvalue weighted by Crippen LogP contribution is -2.51. The Bertz CT molecular complexity index is 345. The van der Waals surface area contributed by atoms with Crippen molar-refractivity contribution in [3.05, 3.63) is 11.9 Å². The minimum Gasteiger partial charge on any atom is -0.396 e. The molecule has 7 nitrogen and oxygen atoms in total. The van der Waals surface area contributed by atoms with E-state index in [9.17, 15) is 4.79 Å². The predicted octanol–water partition coefficient (Wildman–Crippen LogP) is -1.53. The number of aromatic nitrogens is 2. The molecule has 0 aliphatic rings. The number of nitrogens with two attached hydrogens (primary N) is 1. The molecule has 0 saturated heterocycles. The molecule has 0 aliphatic heterocycles. The van der Waals surface area contributed by atoms with Crippen LogP contribution in [-0.2, 0) is 0 Å². The number of aliphatic hydroxyl groups excluding tert-OH is 2. The van der Waals surface area contributed by atoms with Crippen molar-refractivity contribution in [3.8, 4) is 0 Å². The Labute approximate surface area is 86.3 Å². The number of anilines is 1. The first-order valence-corrected chi connectivity index (χ1v) is 4.35. The van der Waals surface area contributed by atoms with Crippen LogP contribution in [0, 0.1) is 0 Å². The summed E-state index contributed by atoms with van der Waals surface area (Å²) in [5.41, 5.74) is 4.72. The van der Waals surface area contributed by atoms with Crippen LogP contribution < -0.4 is 11.1 Å². The smallest absolute Gasteiger partial charge is 0.272 e. The Morgan fingerprint density at radius 1 is 1.67 bits per heavy atom. The number of hydrogen-bond donors (Lipinski definition) is 5. The third-order valence-electron chi connectivity index (χ3n) is 2.01. The van der Waals surface area contributed by atoms with Crippen LogP contribution in [0.3, 0.4) is 0 Å². The molecule has 0 fully saturated rings. The van der Waals surface area contributed by atoms with E-state index in [1.807, 2.05) is 0 Å². The van der Waals surface area contributed by atoms with Crippen LogP contribution in [0.1, 0.15) is 17.4 Å². The number of rotatable bonds is 4. The highest BCUT2D eigenvalue weighted by Gasteiger charge is 2.26. The lowest BCUT2D eigenvalue weighted by Gasteiger charge is -2.25. The van der Waals surface area contributed by atoms with Gasteiger partial charge in [0.25, 0.3) is 5.91 Å². The van der Waals surface area contributed by atoms with Gasteiger partial charge in [-0.1, -0.05) is 0 Å². The zero-order valence-corrected chi connectivity index (χ0v) is 8.32. The van der Waals surface area contributed by atoms with E-state index in [4.69, 9.17) is 15.9 Å². The molecule has 0 saturated carbocycles. The first-order valence-electron chi connectivity index (χ1n) is 4.35. The maximum atomic E-state index is 11.6. The van der Waals surface area contributed by atoms with Crippen molar-refractivity contribution < 1.29 is 15.0 Å². The standard InChI is InChI=1S/C8H14N4O3/c1-8(3-13,4-14)11-7(15)6-5(9)2-10-12-6/h2,13-14H,3-4,9H2,1H3,(H,10,12)(H,11,15). The van der Waals surface area contributed by atoms with Gasteiger partial charge in [0, 0.05) is 0 Å². The molecule has 0 bridgehead atoms. The van der Waals surface area contributed by atoms with Crippen LogP contribution in [0.4, 0.5) is 5.69 Å². The summed E-state index contributed by atoms with van der Waals surface area (Å²) < 4.78 is 0. The van der Waals surface area contributed by atoms with Gasteiger partial charge in [-0.05, 0) is 6.92 Å². The molecule has 6 N–H and O–H groups in total. The van der Waals surface area contributed by atoms with Crippen molar-refractivity contribution >= 4 is 11.6 Å². The molecule has 0 aliphatic carbocycles. The molecule has 0 aromatic carbocycles. The van der Waals surface area contributed by atoms with Crippen LogP contribution in [0.5, 0.6) is 0 Å². The summed E-state index contributed by atoms with van der Waals surface area (Å²) >= 11 is 0. The minimum atomic E-state index is -1.07. The normalized spacial score (nSPS) is 11.4. The summed E-state index contributed by atoms with van der Waals surface area (Å²) in [6.07, 6.45) is 1.31. The fourth-order valence-corrected chi connectivity index (χ4v) is 0.943. The molecule has 84 valence electrons. The maximum Gasteiger partial charge on any atom is 0.272 e. The maximum absolute atomic E-state index is 11.6. The van der Waals surface area contributed by atoms with Crippen molar-refractivity contribution in [2.75, 3.05) is 18.9 Å². The molecule has 15 heavy (non-hydrogen) atoms. The lowest BCUT2D eigenvalue weighted by atomic mass is 10.1. The number of hydrogen-bond acceptors (Lipinski definition) is 5. The van der Waals surface area contributed by atoms with Crippen LogP contribution >= 0.6 is 0 Å². The summed E-state index contributed by atoms with van der Waals surface area (Å²) in [6.45, 7) is 0.768. The van der Waals surface area contributed by atoms with Crippen LogP contribution in [0.25, 0.3) is 0 Å². The van der Waals surface area contributed by atoms with Crippen molar-refractivity contribution in [2.45, 2.75) is 12.5 Å². The first-order chi connectivity index (χ1) is 7.02. The number of nitrogens with one attached hydrogen (secondary N) is 2. The second kappa shape index (κ2) is 4.28.